The van der Waals surface area contributed by atoms with Gasteiger partial charge in [-0.1, -0.05) is 30.3 Å². The SMILES string of the molecule is C[C@H](NC(=O)[C@H](N)CC(=O)O)C(O)c1ccccc1. The molecule has 6 heteroatoms. The van der Waals surface area contributed by atoms with Crippen molar-refractivity contribution in [2.75, 3.05) is 0 Å². The Balaban J connectivity index is 2.57. The van der Waals surface area contributed by atoms with Crippen LogP contribution in [0.3, 0.4) is 0 Å². The normalized spacial score (nSPS) is 15.3. The van der Waals surface area contributed by atoms with Gasteiger partial charge in [0.15, 0.2) is 0 Å². The van der Waals surface area contributed by atoms with E-state index in [9.17, 15) is 14.7 Å². The van der Waals surface area contributed by atoms with Crippen molar-refractivity contribution in [1.29, 1.82) is 0 Å². The summed E-state index contributed by atoms with van der Waals surface area (Å²) in [5.41, 5.74) is 6.10. The summed E-state index contributed by atoms with van der Waals surface area (Å²) in [4.78, 5) is 22.1. The smallest absolute Gasteiger partial charge is 0.305 e. The summed E-state index contributed by atoms with van der Waals surface area (Å²) in [5.74, 6) is -1.73. The highest BCUT2D eigenvalue weighted by Crippen LogP contribution is 2.16. The first kappa shape index (κ1) is 15.1. The molecule has 0 spiro atoms. The Morgan fingerprint density at radius 2 is 1.89 bits per heavy atom. The number of carbonyl (C=O) groups excluding carboxylic acids is 1. The molecule has 0 saturated heterocycles. The van der Waals surface area contributed by atoms with Crippen LogP contribution in [0.5, 0.6) is 0 Å². The first-order valence-corrected chi connectivity index (χ1v) is 5.92. The van der Waals surface area contributed by atoms with Crippen LogP contribution in [0.15, 0.2) is 30.3 Å². The maximum absolute atomic E-state index is 11.6. The molecule has 1 rings (SSSR count). The van der Waals surface area contributed by atoms with E-state index in [0.717, 1.165) is 0 Å². The summed E-state index contributed by atoms with van der Waals surface area (Å²) >= 11 is 0. The molecule has 5 N–H and O–H groups in total. The quantitative estimate of drug-likeness (QED) is 0.580. The van der Waals surface area contributed by atoms with Gasteiger partial charge in [0, 0.05) is 0 Å². The monoisotopic (exact) mass is 266 g/mol. The molecule has 19 heavy (non-hydrogen) atoms. The average molecular weight is 266 g/mol. The molecule has 0 aliphatic rings. The third-order valence-electron chi connectivity index (χ3n) is 2.72. The Morgan fingerprint density at radius 3 is 2.42 bits per heavy atom. The van der Waals surface area contributed by atoms with Gasteiger partial charge in [-0.3, -0.25) is 9.59 Å². The number of carbonyl (C=O) groups is 2. The zero-order valence-corrected chi connectivity index (χ0v) is 10.6. The van der Waals surface area contributed by atoms with Crippen molar-refractivity contribution >= 4 is 11.9 Å². The highest BCUT2D eigenvalue weighted by Gasteiger charge is 2.22. The molecule has 0 radical (unpaired) electrons. The number of aliphatic carboxylic acids is 1. The molecule has 0 aliphatic carbocycles. The molecule has 0 aliphatic heterocycles. The molecule has 0 fully saturated rings. The molecule has 1 aromatic rings. The fourth-order valence-electron chi connectivity index (χ4n) is 1.63. The number of carboxylic acids is 1. The predicted molar refractivity (Wildman–Crippen MR) is 69.2 cm³/mol. The fraction of sp³-hybridized carbons (Fsp3) is 0.385. The second-order valence-corrected chi connectivity index (χ2v) is 4.36. The number of hydrogen-bond donors (Lipinski definition) is 4. The van der Waals surface area contributed by atoms with Gasteiger partial charge in [-0.2, -0.15) is 0 Å². The van der Waals surface area contributed by atoms with Gasteiger partial charge in [0.1, 0.15) is 0 Å². The van der Waals surface area contributed by atoms with Crippen LogP contribution in [0, 0.1) is 0 Å². The zero-order chi connectivity index (χ0) is 14.4. The molecule has 1 amide bonds. The summed E-state index contributed by atoms with van der Waals surface area (Å²) in [7, 11) is 0. The van der Waals surface area contributed by atoms with Gasteiger partial charge in [-0.15, -0.1) is 0 Å². The molecule has 0 saturated carbocycles. The second-order valence-electron chi connectivity index (χ2n) is 4.36. The number of benzene rings is 1. The number of rotatable bonds is 6. The average Bonchev–Trinajstić information content (AvgIpc) is 2.37. The number of amides is 1. The standard InChI is InChI=1S/C13H18N2O4/c1-8(12(18)9-5-3-2-4-6-9)15-13(19)10(14)7-11(16)17/h2-6,8,10,12,18H,7,14H2,1H3,(H,15,19)(H,16,17)/t8-,10+,12?/m0/s1. The number of hydrogen-bond acceptors (Lipinski definition) is 4. The third-order valence-corrected chi connectivity index (χ3v) is 2.72. The molecular formula is C13H18N2O4. The van der Waals surface area contributed by atoms with E-state index in [-0.39, 0.29) is 0 Å². The molecule has 1 unspecified atom stereocenters. The number of carboxylic acid groups (broad SMARTS) is 1. The molecule has 3 atom stereocenters. The van der Waals surface area contributed by atoms with Crippen molar-refractivity contribution in [2.24, 2.45) is 5.73 Å². The Labute approximate surface area is 111 Å². The van der Waals surface area contributed by atoms with E-state index in [2.05, 4.69) is 5.32 Å². The van der Waals surface area contributed by atoms with Crippen molar-refractivity contribution < 1.29 is 19.8 Å². The maximum atomic E-state index is 11.6. The highest BCUT2D eigenvalue weighted by molar-refractivity contribution is 5.86. The number of aliphatic hydroxyl groups is 1. The summed E-state index contributed by atoms with van der Waals surface area (Å²) in [6.45, 7) is 1.63. The van der Waals surface area contributed by atoms with Gasteiger partial charge in [0.2, 0.25) is 5.91 Å². The summed E-state index contributed by atoms with van der Waals surface area (Å²) in [5, 5.41) is 21.1. The van der Waals surface area contributed by atoms with E-state index in [0.29, 0.717) is 5.56 Å². The van der Waals surface area contributed by atoms with Gasteiger partial charge in [0.05, 0.1) is 24.6 Å². The van der Waals surface area contributed by atoms with Crippen molar-refractivity contribution in [3.63, 3.8) is 0 Å². The van der Waals surface area contributed by atoms with E-state index in [1.165, 1.54) is 0 Å². The van der Waals surface area contributed by atoms with Gasteiger partial charge >= 0.3 is 5.97 Å². The minimum absolute atomic E-state index is 0.444. The van der Waals surface area contributed by atoms with Crippen LogP contribution in [0.1, 0.15) is 25.0 Å². The number of aliphatic hydroxyl groups excluding tert-OH is 1. The van der Waals surface area contributed by atoms with Crippen molar-refractivity contribution in [1.82, 2.24) is 5.32 Å². The van der Waals surface area contributed by atoms with Crippen LogP contribution < -0.4 is 11.1 Å². The van der Waals surface area contributed by atoms with Crippen molar-refractivity contribution in [2.45, 2.75) is 31.5 Å². The van der Waals surface area contributed by atoms with Crippen LogP contribution in [-0.2, 0) is 9.59 Å². The van der Waals surface area contributed by atoms with Crippen LogP contribution >= 0.6 is 0 Å². The topological polar surface area (TPSA) is 113 Å². The molecule has 0 heterocycles. The zero-order valence-electron chi connectivity index (χ0n) is 10.6. The van der Waals surface area contributed by atoms with E-state index in [1.807, 2.05) is 6.07 Å². The summed E-state index contributed by atoms with van der Waals surface area (Å²) < 4.78 is 0. The van der Waals surface area contributed by atoms with Gasteiger partial charge in [0.25, 0.3) is 0 Å². The van der Waals surface area contributed by atoms with Crippen molar-refractivity contribution in [3.05, 3.63) is 35.9 Å². The summed E-state index contributed by atoms with van der Waals surface area (Å²) in [6, 6.07) is 7.18. The molecule has 0 bridgehead atoms. The lowest BCUT2D eigenvalue weighted by atomic mass is 10.0. The lowest BCUT2D eigenvalue weighted by Gasteiger charge is -2.22. The first-order chi connectivity index (χ1) is 8.91. The second kappa shape index (κ2) is 6.86. The first-order valence-electron chi connectivity index (χ1n) is 5.92. The largest absolute Gasteiger partial charge is 0.481 e. The van der Waals surface area contributed by atoms with Crippen LogP contribution in [0.2, 0.25) is 0 Å². The van der Waals surface area contributed by atoms with Crippen LogP contribution in [0.25, 0.3) is 0 Å². The minimum atomic E-state index is -1.14. The van der Waals surface area contributed by atoms with Gasteiger partial charge < -0.3 is 21.3 Å². The predicted octanol–water partition coefficient (Wildman–Crippen LogP) is 0.0267. The fourth-order valence-corrected chi connectivity index (χ4v) is 1.63. The molecule has 104 valence electrons. The molecule has 0 aromatic heterocycles. The van der Waals surface area contributed by atoms with Crippen LogP contribution in [0.4, 0.5) is 0 Å². The molecular weight excluding hydrogens is 248 g/mol. The highest BCUT2D eigenvalue weighted by atomic mass is 16.4. The van der Waals surface area contributed by atoms with Gasteiger partial charge in [-0.25, -0.2) is 0 Å². The van der Waals surface area contributed by atoms with E-state index in [1.54, 1.807) is 31.2 Å². The minimum Gasteiger partial charge on any atom is -0.481 e. The van der Waals surface area contributed by atoms with E-state index >= 15 is 0 Å². The number of nitrogens with two attached hydrogens (primary N) is 1. The van der Waals surface area contributed by atoms with E-state index in [4.69, 9.17) is 10.8 Å². The van der Waals surface area contributed by atoms with E-state index < -0.39 is 36.5 Å². The number of nitrogens with one attached hydrogen (secondary N) is 1. The Bertz CT molecular complexity index is 436. The lowest BCUT2D eigenvalue weighted by molar-refractivity contribution is -0.139. The Morgan fingerprint density at radius 1 is 1.32 bits per heavy atom. The maximum Gasteiger partial charge on any atom is 0.305 e. The molecule has 6 nitrogen and oxygen atoms in total. The Kier molecular flexibility index (Phi) is 5.47. The third kappa shape index (κ3) is 4.69. The summed E-state index contributed by atoms with van der Waals surface area (Å²) in [6.07, 6.45) is -1.32. The molecule has 1 aromatic carbocycles. The van der Waals surface area contributed by atoms with Gasteiger partial charge in [-0.05, 0) is 12.5 Å². The lowest BCUT2D eigenvalue weighted by Crippen LogP contribution is -2.47. The Hall–Kier alpha value is -1.92. The van der Waals surface area contributed by atoms with Crippen molar-refractivity contribution in [3.8, 4) is 0 Å². The van der Waals surface area contributed by atoms with Crippen LogP contribution in [-0.4, -0.2) is 34.2 Å².